The van der Waals surface area contributed by atoms with E-state index in [-0.39, 0.29) is 98.6 Å². The zero-order valence-electron chi connectivity index (χ0n) is 48.8. The molecule has 6 aliphatic rings. The molecule has 3 saturated heterocycles. The van der Waals surface area contributed by atoms with Gasteiger partial charge in [0.05, 0.1) is 46.7 Å². The number of carbonyl (C=O) groups is 3. The fourth-order valence-corrected chi connectivity index (χ4v) is 10.8. The Labute approximate surface area is 509 Å². The molecule has 0 unspecified atom stereocenters. The van der Waals surface area contributed by atoms with Gasteiger partial charge in [0.1, 0.15) is 45.3 Å². The second-order valence-corrected chi connectivity index (χ2v) is 24.1. The average molecular weight is 1190 g/mol. The maximum absolute atomic E-state index is 15.1. The monoisotopic (exact) mass is 1190 g/mol. The average Bonchev–Trinajstić information content (AvgIpc) is 1.89. The second-order valence-electron chi connectivity index (χ2n) is 24.1. The summed E-state index contributed by atoms with van der Waals surface area (Å²) in [5.41, 5.74) is -0.488. The van der Waals surface area contributed by atoms with Crippen molar-refractivity contribution in [1.82, 2.24) is 29.3 Å². The van der Waals surface area contributed by atoms with Gasteiger partial charge in [-0.2, -0.15) is 0 Å². The van der Waals surface area contributed by atoms with E-state index in [1.54, 1.807) is 70.8 Å². The number of fused-ring (bicyclic) bond motifs is 3. The number of esters is 2. The van der Waals surface area contributed by atoms with Crippen LogP contribution in [0.15, 0.2) is 74.6 Å². The number of benzene rings is 3. The molecule has 6 aromatic rings. The standard InChI is InChI=1S/C21H26FN5O5.C21H26FN3O3.C17H18FN3O3.Na/c1-21(2,3)32-20(29)15-12-26(13-4-5-13)17-11-18(16(22)10-14(17)19(15)28)24-6-8-25(9-7-24)27(31)23-30;1-21(2,3)28-20(27)15-12-25(13-4-5-13)17-11-18(24-8-6-23-7-9-24)16(22)10-14(17)19(15)26;18-13-7-11-14(8-15(13)20-5-3-19-4-6-20)21(10-1-2-10)9-12(16(11)22)17(23)24;/h10-13,30H,4-9H2,1-3H3;10-13,23H,4-9H2,1-3H3;7-10,19H,1-6H2,(H,23,24);/q;;;+1/p-1/b27-23-;;;. The molecule has 448 valence electrons. The number of nitrogens with one attached hydrogen (secondary N) is 2. The summed E-state index contributed by atoms with van der Waals surface area (Å²) in [6.07, 6.45) is 10.2. The Morgan fingerprint density at radius 2 is 0.847 bits per heavy atom. The predicted octanol–water partition coefficient (Wildman–Crippen LogP) is 4.36. The third-order valence-corrected chi connectivity index (χ3v) is 15.4. The Morgan fingerprint density at radius 1 is 0.541 bits per heavy atom. The number of ether oxygens (including phenoxy) is 2. The summed E-state index contributed by atoms with van der Waals surface area (Å²) in [6.45, 7) is 17.4. The summed E-state index contributed by atoms with van der Waals surface area (Å²) in [7, 11) is 0. The first kappa shape index (κ1) is 62.3. The van der Waals surface area contributed by atoms with Gasteiger partial charge >= 0.3 is 47.5 Å². The molecule has 3 aliphatic heterocycles. The van der Waals surface area contributed by atoms with Crippen LogP contribution < -0.4 is 71.2 Å². The van der Waals surface area contributed by atoms with Crippen molar-refractivity contribution in [1.29, 1.82) is 0 Å². The van der Waals surface area contributed by atoms with Gasteiger partial charge < -0.3 is 64.0 Å². The van der Waals surface area contributed by atoms with E-state index in [2.05, 4.69) is 15.9 Å². The summed E-state index contributed by atoms with van der Waals surface area (Å²) in [5.74, 6) is -4.19. The quantitative estimate of drug-likeness (QED) is 0.0566. The molecule has 0 radical (unpaired) electrons. The van der Waals surface area contributed by atoms with Crippen LogP contribution in [0.1, 0.15) is 129 Å². The van der Waals surface area contributed by atoms with Crippen molar-refractivity contribution in [3.05, 3.63) is 130 Å². The van der Waals surface area contributed by atoms with Crippen molar-refractivity contribution >= 4 is 67.7 Å². The van der Waals surface area contributed by atoms with Crippen LogP contribution in [0, 0.1) is 27.9 Å². The summed E-state index contributed by atoms with van der Waals surface area (Å²) in [4.78, 5) is 80.7. The van der Waals surface area contributed by atoms with Crippen molar-refractivity contribution in [3.63, 3.8) is 0 Å². The van der Waals surface area contributed by atoms with Crippen molar-refractivity contribution < 1.29 is 76.7 Å². The molecular weight excluding hydrogens is 1120 g/mol. The van der Waals surface area contributed by atoms with E-state index in [1.165, 1.54) is 35.6 Å². The van der Waals surface area contributed by atoms with Crippen molar-refractivity contribution in [2.24, 2.45) is 5.28 Å². The second kappa shape index (κ2) is 25.0. The van der Waals surface area contributed by atoms with E-state index in [4.69, 9.17) is 9.47 Å². The van der Waals surface area contributed by atoms with Gasteiger partial charge in [-0.3, -0.25) is 14.4 Å². The number of anilines is 3. The van der Waals surface area contributed by atoms with Gasteiger partial charge in [0, 0.05) is 123 Å². The van der Waals surface area contributed by atoms with E-state index in [1.807, 2.05) is 23.5 Å². The normalized spacial score (nSPS) is 17.6. The molecule has 6 heterocycles. The molecule has 0 bridgehead atoms. The summed E-state index contributed by atoms with van der Waals surface area (Å²) >= 11 is 0. The fraction of sp³-hybridized carbons (Fsp3) is 0.492. The minimum Gasteiger partial charge on any atom is -0.737 e. The van der Waals surface area contributed by atoms with Crippen LogP contribution in [0.5, 0.6) is 0 Å². The number of hydrogen-bond donors (Lipinski definition) is 3. The van der Waals surface area contributed by atoms with E-state index in [9.17, 15) is 53.1 Å². The van der Waals surface area contributed by atoms with Gasteiger partial charge in [-0.05, 0) is 122 Å². The number of halogens is 3. The molecule has 0 atom stereocenters. The Morgan fingerprint density at radius 3 is 1.14 bits per heavy atom. The van der Waals surface area contributed by atoms with E-state index < -0.39 is 62.8 Å². The first-order chi connectivity index (χ1) is 39.9. The molecule has 0 spiro atoms. The van der Waals surface area contributed by atoms with Gasteiger partial charge in [-0.15, -0.1) is 5.01 Å². The van der Waals surface area contributed by atoms with Crippen molar-refractivity contribution in [2.45, 2.75) is 109 Å². The minimum atomic E-state index is -1.28. The Bertz CT molecular complexity index is 3790. The van der Waals surface area contributed by atoms with Crippen LogP contribution >= 0.6 is 0 Å². The number of carboxylic acid groups (broad SMARTS) is 1. The van der Waals surface area contributed by atoms with E-state index in [0.717, 1.165) is 64.7 Å². The number of rotatable bonds is 10. The van der Waals surface area contributed by atoms with Gasteiger partial charge in [0.2, 0.25) is 16.3 Å². The molecule has 6 fully saturated rings. The minimum absolute atomic E-state index is 0. The van der Waals surface area contributed by atoms with E-state index in [0.29, 0.717) is 72.9 Å². The summed E-state index contributed by atoms with van der Waals surface area (Å²) < 4.78 is 61.0. The summed E-state index contributed by atoms with van der Waals surface area (Å²) in [5, 5.41) is 41.6. The third-order valence-electron chi connectivity index (χ3n) is 15.4. The molecule has 3 aromatic heterocycles. The van der Waals surface area contributed by atoms with Gasteiger partial charge in [0.15, 0.2) is 0 Å². The first-order valence-electron chi connectivity index (χ1n) is 28.5. The number of aromatic nitrogens is 3. The van der Waals surface area contributed by atoms with Crippen LogP contribution in [0.3, 0.4) is 0 Å². The maximum Gasteiger partial charge on any atom is 1.00 e. The Balaban J connectivity index is 0.000000153. The molecule has 3 saturated carbocycles. The van der Waals surface area contributed by atoms with Crippen molar-refractivity contribution in [3.8, 4) is 0 Å². The molecule has 3 N–H and O–H groups in total. The zero-order valence-corrected chi connectivity index (χ0v) is 50.8. The predicted molar refractivity (Wildman–Crippen MR) is 310 cm³/mol. The number of pyridine rings is 3. The van der Waals surface area contributed by atoms with E-state index >= 15 is 4.39 Å². The van der Waals surface area contributed by atoms with Gasteiger partial charge in [0.25, 0.3) is 0 Å². The third kappa shape index (κ3) is 13.9. The smallest absolute Gasteiger partial charge is 0.737 e. The largest absolute Gasteiger partial charge is 1.00 e. The van der Waals surface area contributed by atoms with Crippen LogP contribution in [-0.4, -0.2) is 136 Å². The summed E-state index contributed by atoms with van der Waals surface area (Å²) in [6, 6.07) is 9.25. The molecule has 22 nitrogen and oxygen atoms in total. The molecule has 85 heavy (non-hydrogen) atoms. The Hall–Kier alpha value is -7.19. The topological polar surface area (TPSA) is 254 Å². The van der Waals surface area contributed by atoms with Crippen LogP contribution in [-0.2, 0) is 9.47 Å². The van der Waals surface area contributed by atoms with Crippen molar-refractivity contribution in [2.75, 3.05) is 93.2 Å². The maximum atomic E-state index is 15.1. The molecular formula is C59H69F3N11NaO11. The zero-order chi connectivity index (χ0) is 60.1. The molecule has 26 heteroatoms. The van der Waals surface area contributed by atoms with Gasteiger partial charge in [-0.1, -0.05) is 0 Å². The number of hydrazine groups is 1. The Kier molecular flexibility index (Phi) is 18.4. The number of aromatic carboxylic acids is 1. The van der Waals surface area contributed by atoms with Gasteiger partial charge in [-0.25, -0.2) is 27.6 Å². The molecule has 12 rings (SSSR count). The number of hydrogen-bond acceptors (Lipinski definition) is 16. The fourth-order valence-electron chi connectivity index (χ4n) is 10.8. The SMILES string of the molecule is CC(C)(C)OC(=O)c1cn(C2CC2)c2cc(N3CCN(/[N+]([O-])=N/[O-])CC3)c(F)cc2c1=O.CC(C)(C)OC(=O)c1cn(C2CC2)c2cc(N3CCNCC3)c(F)cc2c1=O.O=C(O)c1cn(C2CC2)c2cc(N3CCNCC3)c(F)cc2c1=O.[Na+]. The van der Waals surface area contributed by atoms with Crippen LogP contribution in [0.25, 0.3) is 32.7 Å². The number of piperazine rings is 3. The number of carbonyl (C=O) groups excluding carboxylic acids is 2. The number of carboxylic acids is 1. The molecule has 3 aromatic carbocycles. The molecule has 0 amide bonds. The van der Waals surface area contributed by atoms with Crippen LogP contribution in [0.2, 0.25) is 0 Å². The number of nitrogens with zero attached hydrogens (tertiary/aromatic N) is 9. The molecule has 3 aliphatic carbocycles. The van der Waals surface area contributed by atoms with Crippen LogP contribution in [0.4, 0.5) is 30.2 Å². The first-order valence-corrected chi connectivity index (χ1v) is 28.5.